The first-order valence-electron chi connectivity index (χ1n) is 8.06. The van der Waals surface area contributed by atoms with Crippen LogP contribution in [0, 0.1) is 0 Å². The lowest BCUT2D eigenvalue weighted by Crippen LogP contribution is -2.15. The SMILES string of the molecule is COCOc1c(CCCN(C)C)ccc2cc(NC(C)=O)c(=O)oc12. The number of methoxy groups -OCH3 is 1. The molecule has 2 rings (SSSR count). The van der Waals surface area contributed by atoms with Gasteiger partial charge in [-0.3, -0.25) is 4.79 Å². The highest BCUT2D eigenvalue weighted by Crippen LogP contribution is 2.31. The van der Waals surface area contributed by atoms with Crippen LogP contribution >= 0.6 is 0 Å². The lowest BCUT2D eigenvalue weighted by Gasteiger charge is -2.14. The number of aryl methyl sites for hydroxylation is 1. The van der Waals surface area contributed by atoms with Gasteiger partial charge in [0.1, 0.15) is 5.69 Å². The minimum absolute atomic E-state index is 0.0525. The molecule has 0 aliphatic heterocycles. The zero-order valence-corrected chi connectivity index (χ0v) is 15.0. The monoisotopic (exact) mass is 348 g/mol. The summed E-state index contributed by atoms with van der Waals surface area (Å²) in [6.07, 6.45) is 1.72. The smallest absolute Gasteiger partial charge is 0.360 e. The molecule has 25 heavy (non-hydrogen) atoms. The summed E-state index contributed by atoms with van der Waals surface area (Å²) in [5.74, 6) is 0.174. The van der Waals surface area contributed by atoms with Crippen molar-refractivity contribution in [2.24, 2.45) is 0 Å². The van der Waals surface area contributed by atoms with Crippen molar-refractivity contribution >= 4 is 22.6 Å². The van der Waals surface area contributed by atoms with Crippen LogP contribution in [0.4, 0.5) is 5.69 Å². The Morgan fingerprint density at radius 2 is 2.08 bits per heavy atom. The molecule has 0 unspecified atom stereocenters. The molecule has 0 saturated heterocycles. The van der Waals surface area contributed by atoms with Crippen molar-refractivity contribution in [1.82, 2.24) is 4.90 Å². The first-order chi connectivity index (χ1) is 11.9. The molecule has 0 radical (unpaired) electrons. The standard InChI is InChI=1S/C18H24N2O5/c1-12(21)19-15-10-14-8-7-13(6-5-9-20(2)3)16(24-11-23-4)17(14)25-18(15)22/h7-8,10H,5-6,9,11H2,1-4H3,(H,19,21). The van der Waals surface area contributed by atoms with Crippen LogP contribution in [0.5, 0.6) is 5.75 Å². The summed E-state index contributed by atoms with van der Waals surface area (Å²) in [5, 5.41) is 3.15. The van der Waals surface area contributed by atoms with E-state index in [-0.39, 0.29) is 18.4 Å². The fraction of sp³-hybridized carbons (Fsp3) is 0.444. The Labute approximate surface area is 146 Å². The molecule has 2 aromatic rings. The molecule has 0 fully saturated rings. The molecular formula is C18H24N2O5. The minimum atomic E-state index is -0.615. The number of carbonyl (C=O) groups is 1. The fourth-order valence-electron chi connectivity index (χ4n) is 2.54. The van der Waals surface area contributed by atoms with Gasteiger partial charge in [-0.2, -0.15) is 0 Å². The number of benzene rings is 1. The molecule has 1 N–H and O–H groups in total. The maximum absolute atomic E-state index is 12.1. The summed E-state index contributed by atoms with van der Waals surface area (Å²) >= 11 is 0. The Balaban J connectivity index is 2.44. The molecule has 7 nitrogen and oxygen atoms in total. The average Bonchev–Trinajstić information content (AvgIpc) is 2.54. The summed E-state index contributed by atoms with van der Waals surface area (Å²) in [5.41, 5.74) is 0.800. The molecule has 0 bridgehead atoms. The van der Waals surface area contributed by atoms with E-state index in [1.54, 1.807) is 6.07 Å². The van der Waals surface area contributed by atoms with Gasteiger partial charge in [0.15, 0.2) is 18.1 Å². The number of hydrogen-bond donors (Lipinski definition) is 1. The average molecular weight is 348 g/mol. The van der Waals surface area contributed by atoms with Crippen LogP contribution in [0.1, 0.15) is 18.9 Å². The molecule has 7 heteroatoms. The van der Waals surface area contributed by atoms with Crippen LogP contribution in [0.15, 0.2) is 27.4 Å². The van der Waals surface area contributed by atoms with Crippen molar-refractivity contribution in [3.8, 4) is 5.75 Å². The van der Waals surface area contributed by atoms with Gasteiger partial charge in [-0.05, 0) is 45.1 Å². The number of amides is 1. The van der Waals surface area contributed by atoms with Crippen LogP contribution in [0.3, 0.4) is 0 Å². The maximum atomic E-state index is 12.1. The summed E-state index contributed by atoms with van der Waals surface area (Å²) in [4.78, 5) is 25.4. The van der Waals surface area contributed by atoms with Gasteiger partial charge < -0.3 is 24.1 Å². The van der Waals surface area contributed by atoms with Gasteiger partial charge in [-0.15, -0.1) is 0 Å². The number of ether oxygens (including phenoxy) is 2. The molecule has 136 valence electrons. The van der Waals surface area contributed by atoms with Gasteiger partial charge in [0.2, 0.25) is 5.91 Å². The highest BCUT2D eigenvalue weighted by molar-refractivity contribution is 5.92. The predicted octanol–water partition coefficient (Wildman–Crippen LogP) is 2.23. The second kappa shape index (κ2) is 8.64. The third kappa shape index (κ3) is 5.04. The molecule has 0 atom stereocenters. The van der Waals surface area contributed by atoms with Gasteiger partial charge in [0, 0.05) is 19.4 Å². The summed E-state index contributed by atoms with van der Waals surface area (Å²) in [6.45, 7) is 2.33. The van der Waals surface area contributed by atoms with E-state index in [1.807, 2.05) is 26.2 Å². The molecular weight excluding hydrogens is 324 g/mol. The third-order valence-corrected chi connectivity index (χ3v) is 3.62. The molecule has 0 aliphatic carbocycles. The van der Waals surface area contributed by atoms with E-state index in [2.05, 4.69) is 10.2 Å². The van der Waals surface area contributed by atoms with Crippen LogP contribution in [-0.4, -0.2) is 45.3 Å². The largest absolute Gasteiger partial charge is 0.463 e. The van der Waals surface area contributed by atoms with Crippen LogP contribution in [-0.2, 0) is 16.0 Å². The first kappa shape index (κ1) is 19.0. The Morgan fingerprint density at radius 3 is 2.72 bits per heavy atom. The maximum Gasteiger partial charge on any atom is 0.360 e. The molecule has 0 saturated carbocycles. The van der Waals surface area contributed by atoms with Crippen molar-refractivity contribution < 1.29 is 18.7 Å². The lowest BCUT2D eigenvalue weighted by molar-refractivity contribution is -0.114. The number of carbonyl (C=O) groups excluding carboxylic acids is 1. The van der Waals surface area contributed by atoms with Crippen molar-refractivity contribution in [3.63, 3.8) is 0 Å². The Morgan fingerprint density at radius 1 is 1.32 bits per heavy atom. The van der Waals surface area contributed by atoms with E-state index in [0.29, 0.717) is 16.7 Å². The topological polar surface area (TPSA) is 81.0 Å². The number of hydrogen-bond acceptors (Lipinski definition) is 6. The zero-order valence-electron chi connectivity index (χ0n) is 15.0. The first-order valence-corrected chi connectivity index (χ1v) is 8.06. The second-order valence-electron chi connectivity index (χ2n) is 6.06. The van der Waals surface area contributed by atoms with Gasteiger partial charge in [0.05, 0.1) is 0 Å². The third-order valence-electron chi connectivity index (χ3n) is 3.62. The predicted molar refractivity (Wildman–Crippen MR) is 96.2 cm³/mol. The Kier molecular flexibility index (Phi) is 6.55. The van der Waals surface area contributed by atoms with Crippen molar-refractivity contribution in [2.75, 3.05) is 39.9 Å². The fourth-order valence-corrected chi connectivity index (χ4v) is 2.54. The normalized spacial score (nSPS) is 11.1. The van der Waals surface area contributed by atoms with Gasteiger partial charge in [-0.25, -0.2) is 4.79 Å². The van der Waals surface area contributed by atoms with E-state index in [0.717, 1.165) is 24.9 Å². The number of anilines is 1. The molecule has 0 aliphatic rings. The number of nitrogens with zero attached hydrogens (tertiary/aromatic N) is 1. The molecule has 1 amide bonds. The van der Waals surface area contributed by atoms with Crippen molar-refractivity contribution in [3.05, 3.63) is 34.2 Å². The second-order valence-corrected chi connectivity index (χ2v) is 6.06. The highest BCUT2D eigenvalue weighted by Gasteiger charge is 2.15. The number of rotatable bonds is 8. The van der Waals surface area contributed by atoms with E-state index in [9.17, 15) is 9.59 Å². The Bertz CT molecular complexity index is 798. The molecule has 1 heterocycles. The number of fused-ring (bicyclic) bond motifs is 1. The van der Waals surface area contributed by atoms with E-state index in [1.165, 1.54) is 14.0 Å². The Hall–Kier alpha value is -2.38. The van der Waals surface area contributed by atoms with Gasteiger partial charge >= 0.3 is 5.63 Å². The van der Waals surface area contributed by atoms with Gasteiger partial charge in [-0.1, -0.05) is 12.1 Å². The minimum Gasteiger partial charge on any atom is -0.463 e. The summed E-state index contributed by atoms with van der Waals surface area (Å²) < 4.78 is 16.1. The van der Waals surface area contributed by atoms with E-state index in [4.69, 9.17) is 13.9 Å². The van der Waals surface area contributed by atoms with Crippen LogP contribution < -0.4 is 15.7 Å². The lowest BCUT2D eigenvalue weighted by atomic mass is 10.1. The van der Waals surface area contributed by atoms with Gasteiger partial charge in [0.25, 0.3) is 0 Å². The molecule has 1 aromatic heterocycles. The number of nitrogens with one attached hydrogen (secondary N) is 1. The van der Waals surface area contributed by atoms with E-state index < -0.39 is 5.63 Å². The molecule has 1 aromatic carbocycles. The molecule has 0 spiro atoms. The summed E-state index contributed by atoms with van der Waals surface area (Å²) in [7, 11) is 5.57. The summed E-state index contributed by atoms with van der Waals surface area (Å²) in [6, 6.07) is 5.39. The van der Waals surface area contributed by atoms with E-state index >= 15 is 0 Å². The van der Waals surface area contributed by atoms with Crippen LogP contribution in [0.25, 0.3) is 11.0 Å². The zero-order chi connectivity index (χ0) is 18.4. The van der Waals surface area contributed by atoms with Crippen molar-refractivity contribution in [2.45, 2.75) is 19.8 Å². The quantitative estimate of drug-likeness (QED) is 0.582. The van der Waals surface area contributed by atoms with Crippen LogP contribution in [0.2, 0.25) is 0 Å². The van der Waals surface area contributed by atoms with Crippen molar-refractivity contribution in [1.29, 1.82) is 0 Å². The highest BCUT2D eigenvalue weighted by atomic mass is 16.7.